The Balaban J connectivity index is 2.54. The van der Waals surface area contributed by atoms with Crippen LogP contribution in [-0.4, -0.2) is 18.4 Å². The number of rotatable bonds is 2. The van der Waals surface area contributed by atoms with E-state index < -0.39 is 9.39 Å². The van der Waals surface area contributed by atoms with Gasteiger partial charge in [-0.1, -0.05) is 40.3 Å². The van der Waals surface area contributed by atoms with Gasteiger partial charge in [0.1, 0.15) is 0 Å². The standard InChI is InChI=1S/C13H12ClIO3/c1-2-18-12(17)13(15)10-5-4-9(14)7-8(10)3-6-11(13)16/h4-5,7H,2-3,6H2,1H3. The summed E-state index contributed by atoms with van der Waals surface area (Å²) < 4.78 is 3.83. The van der Waals surface area contributed by atoms with Crippen LogP contribution in [0.3, 0.4) is 0 Å². The minimum atomic E-state index is -1.22. The van der Waals surface area contributed by atoms with Gasteiger partial charge in [0.05, 0.1) is 6.61 Å². The summed E-state index contributed by atoms with van der Waals surface area (Å²) in [7, 11) is 0. The lowest BCUT2D eigenvalue weighted by atomic mass is 9.82. The molecule has 0 spiro atoms. The molecule has 18 heavy (non-hydrogen) atoms. The fourth-order valence-corrected chi connectivity index (χ4v) is 3.28. The highest BCUT2D eigenvalue weighted by molar-refractivity contribution is 14.1. The number of fused-ring (bicyclic) bond motifs is 1. The first kappa shape index (κ1) is 13.8. The van der Waals surface area contributed by atoms with E-state index in [9.17, 15) is 9.59 Å². The van der Waals surface area contributed by atoms with Crippen molar-refractivity contribution >= 4 is 45.9 Å². The highest BCUT2D eigenvalue weighted by Gasteiger charge is 2.49. The molecule has 0 heterocycles. The summed E-state index contributed by atoms with van der Waals surface area (Å²) in [5.74, 6) is -0.588. The van der Waals surface area contributed by atoms with Crippen LogP contribution in [0.15, 0.2) is 18.2 Å². The van der Waals surface area contributed by atoms with Crippen LogP contribution >= 0.6 is 34.2 Å². The van der Waals surface area contributed by atoms with Crippen molar-refractivity contribution in [2.75, 3.05) is 6.61 Å². The molecule has 0 aromatic heterocycles. The summed E-state index contributed by atoms with van der Waals surface area (Å²) in [6, 6.07) is 5.26. The number of hydrogen-bond donors (Lipinski definition) is 0. The van der Waals surface area contributed by atoms with Crippen molar-refractivity contribution in [2.45, 2.75) is 23.2 Å². The molecule has 2 rings (SSSR count). The third-order valence-corrected chi connectivity index (χ3v) is 4.86. The second-order valence-corrected chi connectivity index (χ2v) is 6.16. The van der Waals surface area contributed by atoms with Crippen LogP contribution in [-0.2, 0) is 24.2 Å². The Morgan fingerprint density at radius 2 is 2.22 bits per heavy atom. The first-order valence-electron chi connectivity index (χ1n) is 5.68. The molecule has 0 bridgehead atoms. The topological polar surface area (TPSA) is 43.4 Å². The van der Waals surface area contributed by atoms with Crippen LogP contribution in [0, 0.1) is 0 Å². The zero-order valence-corrected chi connectivity index (χ0v) is 12.7. The van der Waals surface area contributed by atoms with Crippen molar-refractivity contribution in [1.29, 1.82) is 0 Å². The Morgan fingerprint density at radius 3 is 2.89 bits per heavy atom. The summed E-state index contributed by atoms with van der Waals surface area (Å²) in [6.07, 6.45) is 0.966. The molecule has 3 nitrogen and oxygen atoms in total. The average Bonchev–Trinajstić information content (AvgIpc) is 2.34. The smallest absolute Gasteiger partial charge is 0.334 e. The lowest BCUT2D eigenvalue weighted by molar-refractivity contribution is -0.149. The van der Waals surface area contributed by atoms with Gasteiger partial charge in [-0.25, -0.2) is 4.79 Å². The number of esters is 1. The number of benzene rings is 1. The van der Waals surface area contributed by atoms with E-state index >= 15 is 0 Å². The molecule has 0 saturated heterocycles. The van der Waals surface area contributed by atoms with Crippen molar-refractivity contribution in [1.82, 2.24) is 0 Å². The van der Waals surface area contributed by atoms with Crippen LogP contribution in [0.4, 0.5) is 0 Å². The maximum absolute atomic E-state index is 12.1. The summed E-state index contributed by atoms with van der Waals surface area (Å²) >= 11 is 7.84. The molecule has 1 unspecified atom stereocenters. The maximum Gasteiger partial charge on any atom is 0.334 e. The first-order chi connectivity index (χ1) is 8.50. The average molecular weight is 379 g/mol. The second-order valence-electron chi connectivity index (χ2n) is 4.10. The van der Waals surface area contributed by atoms with E-state index in [0.29, 0.717) is 23.4 Å². The van der Waals surface area contributed by atoms with Gasteiger partial charge in [-0.3, -0.25) is 4.79 Å². The van der Waals surface area contributed by atoms with E-state index in [4.69, 9.17) is 16.3 Å². The molecule has 0 amide bonds. The fraction of sp³-hybridized carbons (Fsp3) is 0.385. The number of ketones is 1. The normalized spacial score (nSPS) is 22.5. The quantitative estimate of drug-likeness (QED) is 0.344. The zero-order valence-electron chi connectivity index (χ0n) is 9.83. The molecular formula is C13H12ClIO3. The number of aryl methyl sites for hydroxylation is 1. The van der Waals surface area contributed by atoms with Gasteiger partial charge in [0, 0.05) is 11.4 Å². The Hall–Kier alpha value is -0.620. The Morgan fingerprint density at radius 1 is 1.50 bits per heavy atom. The number of alkyl halides is 1. The number of Topliss-reactive ketones (excluding diaryl/α,β-unsaturated/α-hetero) is 1. The number of carbonyl (C=O) groups is 2. The van der Waals surface area contributed by atoms with E-state index in [1.54, 1.807) is 19.1 Å². The Bertz CT molecular complexity index is 515. The van der Waals surface area contributed by atoms with E-state index in [-0.39, 0.29) is 12.4 Å². The Kier molecular flexibility index (Phi) is 3.96. The van der Waals surface area contributed by atoms with Crippen LogP contribution in [0.2, 0.25) is 5.02 Å². The third kappa shape index (κ3) is 2.16. The van der Waals surface area contributed by atoms with E-state index in [1.165, 1.54) is 0 Å². The molecule has 5 heteroatoms. The van der Waals surface area contributed by atoms with Crippen molar-refractivity contribution in [3.05, 3.63) is 34.3 Å². The zero-order chi connectivity index (χ0) is 13.3. The highest BCUT2D eigenvalue weighted by Crippen LogP contribution is 2.42. The molecule has 1 aromatic carbocycles. The van der Waals surface area contributed by atoms with Crippen molar-refractivity contribution in [3.63, 3.8) is 0 Å². The van der Waals surface area contributed by atoms with Crippen LogP contribution in [0.5, 0.6) is 0 Å². The SMILES string of the molecule is CCOC(=O)C1(I)C(=O)CCc2cc(Cl)ccc21. The maximum atomic E-state index is 12.1. The lowest BCUT2D eigenvalue weighted by Gasteiger charge is -2.30. The van der Waals surface area contributed by atoms with Crippen molar-refractivity contribution in [2.24, 2.45) is 0 Å². The molecule has 1 aliphatic rings. The molecule has 0 aliphatic heterocycles. The molecule has 96 valence electrons. The van der Waals surface area contributed by atoms with Crippen molar-refractivity contribution in [3.8, 4) is 0 Å². The largest absolute Gasteiger partial charge is 0.464 e. The van der Waals surface area contributed by atoms with E-state index in [1.807, 2.05) is 28.7 Å². The first-order valence-corrected chi connectivity index (χ1v) is 7.14. The van der Waals surface area contributed by atoms with Gasteiger partial charge in [0.15, 0.2) is 5.78 Å². The minimum absolute atomic E-state index is 0.101. The Labute approximate surface area is 124 Å². The molecule has 0 fully saturated rings. The van der Waals surface area contributed by atoms with Gasteiger partial charge < -0.3 is 4.74 Å². The third-order valence-electron chi connectivity index (χ3n) is 3.00. The van der Waals surface area contributed by atoms with Crippen molar-refractivity contribution < 1.29 is 14.3 Å². The molecule has 1 atom stereocenters. The molecule has 1 aromatic rings. The molecule has 0 radical (unpaired) electrons. The summed E-state index contributed by atoms with van der Waals surface area (Å²) in [5, 5.41) is 0.616. The van der Waals surface area contributed by atoms with E-state index in [0.717, 1.165) is 5.56 Å². The highest BCUT2D eigenvalue weighted by atomic mass is 127. The summed E-state index contributed by atoms with van der Waals surface area (Å²) in [5.41, 5.74) is 1.66. The van der Waals surface area contributed by atoms with Gasteiger partial charge in [-0.15, -0.1) is 0 Å². The van der Waals surface area contributed by atoms with E-state index in [2.05, 4.69) is 0 Å². The monoisotopic (exact) mass is 378 g/mol. The van der Waals surface area contributed by atoms with Gasteiger partial charge >= 0.3 is 5.97 Å². The number of hydrogen-bond acceptors (Lipinski definition) is 3. The fourth-order valence-electron chi connectivity index (χ4n) is 2.13. The van der Waals surface area contributed by atoms with Gasteiger partial charge in [0.25, 0.3) is 0 Å². The van der Waals surface area contributed by atoms with Crippen LogP contribution in [0.25, 0.3) is 0 Å². The lowest BCUT2D eigenvalue weighted by Crippen LogP contribution is -2.42. The predicted molar refractivity (Wildman–Crippen MR) is 77.1 cm³/mol. The summed E-state index contributed by atoms with van der Waals surface area (Å²) in [4.78, 5) is 24.2. The minimum Gasteiger partial charge on any atom is -0.464 e. The van der Waals surface area contributed by atoms with Crippen LogP contribution < -0.4 is 0 Å². The van der Waals surface area contributed by atoms with Crippen LogP contribution in [0.1, 0.15) is 24.5 Å². The van der Waals surface area contributed by atoms with Gasteiger partial charge in [-0.2, -0.15) is 0 Å². The summed E-state index contributed by atoms with van der Waals surface area (Å²) in [6.45, 7) is 1.99. The number of carbonyl (C=O) groups excluding carboxylic acids is 2. The molecule has 0 saturated carbocycles. The van der Waals surface area contributed by atoms with Gasteiger partial charge in [0.2, 0.25) is 3.42 Å². The predicted octanol–water partition coefficient (Wildman–Crippen LogP) is 3.05. The number of ether oxygens (including phenoxy) is 1. The molecular weight excluding hydrogens is 366 g/mol. The number of halogens is 2. The molecule has 0 N–H and O–H groups in total. The second kappa shape index (κ2) is 5.17. The molecule has 1 aliphatic carbocycles. The van der Waals surface area contributed by atoms with Gasteiger partial charge in [-0.05, 0) is 36.6 Å².